The van der Waals surface area contributed by atoms with Crippen molar-refractivity contribution in [1.82, 2.24) is 9.97 Å². The molecule has 0 aliphatic heterocycles. The first kappa shape index (κ1) is 16.4. The second-order valence-corrected chi connectivity index (χ2v) is 6.08. The van der Waals surface area contributed by atoms with E-state index in [1.807, 2.05) is 0 Å². The normalized spacial score (nSPS) is 15.4. The molecule has 0 aliphatic carbocycles. The first-order chi connectivity index (χ1) is 10.1. The standard InChI is InChI=1S/C16H17F3N2O/c1-14(2,3)15(22,11-7-4-5-10-20-11)12-8-6-9-13(21-12)16(17,18)19/h4-10,22H,1-3H3. The van der Waals surface area contributed by atoms with Gasteiger partial charge >= 0.3 is 6.18 Å². The van der Waals surface area contributed by atoms with Gasteiger partial charge in [0.1, 0.15) is 5.69 Å². The molecule has 2 rings (SSSR count). The van der Waals surface area contributed by atoms with Gasteiger partial charge in [0.15, 0.2) is 5.60 Å². The number of hydrogen-bond acceptors (Lipinski definition) is 3. The van der Waals surface area contributed by atoms with E-state index in [-0.39, 0.29) is 11.4 Å². The molecule has 0 fully saturated rings. The van der Waals surface area contributed by atoms with Gasteiger partial charge in [0.2, 0.25) is 0 Å². The number of rotatable bonds is 2. The van der Waals surface area contributed by atoms with Gasteiger partial charge in [-0.15, -0.1) is 0 Å². The van der Waals surface area contributed by atoms with E-state index in [2.05, 4.69) is 9.97 Å². The molecule has 0 bridgehead atoms. The Morgan fingerprint density at radius 2 is 1.45 bits per heavy atom. The lowest BCUT2D eigenvalue weighted by Gasteiger charge is -2.39. The van der Waals surface area contributed by atoms with Gasteiger partial charge in [-0.2, -0.15) is 13.2 Å². The third-order valence-electron chi connectivity index (χ3n) is 3.53. The zero-order valence-corrected chi connectivity index (χ0v) is 12.5. The Balaban J connectivity index is 2.67. The number of alkyl halides is 3. The highest BCUT2D eigenvalue weighted by atomic mass is 19.4. The average molecular weight is 310 g/mol. The van der Waals surface area contributed by atoms with Crippen molar-refractivity contribution >= 4 is 0 Å². The molecule has 2 aromatic rings. The van der Waals surface area contributed by atoms with Gasteiger partial charge in [0.05, 0.1) is 11.4 Å². The van der Waals surface area contributed by atoms with Crippen LogP contribution in [-0.2, 0) is 11.8 Å². The third-order valence-corrected chi connectivity index (χ3v) is 3.53. The lowest BCUT2D eigenvalue weighted by Crippen LogP contribution is -2.43. The summed E-state index contributed by atoms with van der Waals surface area (Å²) in [6.07, 6.45) is -3.08. The van der Waals surface area contributed by atoms with E-state index >= 15 is 0 Å². The predicted molar refractivity (Wildman–Crippen MR) is 75.9 cm³/mol. The number of aromatic nitrogens is 2. The van der Waals surface area contributed by atoms with Crippen LogP contribution in [0.5, 0.6) is 0 Å². The lowest BCUT2D eigenvalue weighted by molar-refractivity contribution is -0.141. The molecule has 2 heterocycles. The van der Waals surface area contributed by atoms with Crippen LogP contribution in [0.2, 0.25) is 0 Å². The molecule has 0 radical (unpaired) electrons. The van der Waals surface area contributed by atoms with Gasteiger partial charge in [0.25, 0.3) is 0 Å². The molecule has 0 amide bonds. The molecule has 22 heavy (non-hydrogen) atoms. The topological polar surface area (TPSA) is 46.0 Å². The van der Waals surface area contributed by atoms with Crippen molar-refractivity contribution in [2.45, 2.75) is 32.5 Å². The molecule has 0 aliphatic rings. The van der Waals surface area contributed by atoms with E-state index in [1.54, 1.807) is 39.0 Å². The molecule has 118 valence electrons. The summed E-state index contributed by atoms with van der Waals surface area (Å²) < 4.78 is 38.7. The molecule has 6 heteroatoms. The zero-order valence-electron chi connectivity index (χ0n) is 12.5. The Morgan fingerprint density at radius 3 is 1.95 bits per heavy atom. The Kier molecular flexibility index (Phi) is 4.00. The van der Waals surface area contributed by atoms with Crippen LogP contribution in [-0.4, -0.2) is 15.1 Å². The Hall–Kier alpha value is -1.95. The first-order valence-corrected chi connectivity index (χ1v) is 6.75. The summed E-state index contributed by atoms with van der Waals surface area (Å²) in [4.78, 5) is 7.76. The van der Waals surface area contributed by atoms with Crippen LogP contribution in [0.1, 0.15) is 37.9 Å². The number of pyridine rings is 2. The fraction of sp³-hybridized carbons (Fsp3) is 0.375. The van der Waals surface area contributed by atoms with Crippen LogP contribution >= 0.6 is 0 Å². The lowest BCUT2D eigenvalue weighted by atomic mass is 9.72. The van der Waals surface area contributed by atoms with Gasteiger partial charge in [-0.1, -0.05) is 32.9 Å². The van der Waals surface area contributed by atoms with Crippen molar-refractivity contribution in [3.8, 4) is 0 Å². The van der Waals surface area contributed by atoms with Gasteiger partial charge in [0, 0.05) is 11.6 Å². The molecule has 0 spiro atoms. The summed E-state index contributed by atoms with van der Waals surface area (Å²) >= 11 is 0. The van der Waals surface area contributed by atoms with Crippen LogP contribution in [0.4, 0.5) is 13.2 Å². The third kappa shape index (κ3) is 2.83. The maximum atomic E-state index is 12.9. The summed E-state index contributed by atoms with van der Waals surface area (Å²) in [7, 11) is 0. The summed E-state index contributed by atoms with van der Waals surface area (Å²) in [5, 5.41) is 11.2. The average Bonchev–Trinajstić information content (AvgIpc) is 2.45. The summed E-state index contributed by atoms with van der Waals surface area (Å²) in [5.74, 6) is 0. The van der Waals surface area contributed by atoms with Crippen LogP contribution in [0, 0.1) is 5.41 Å². The fourth-order valence-corrected chi connectivity index (χ4v) is 2.27. The van der Waals surface area contributed by atoms with Crippen molar-refractivity contribution in [3.05, 3.63) is 59.7 Å². The Bertz CT molecular complexity index is 650. The number of nitrogens with zero attached hydrogens (tertiary/aromatic N) is 2. The number of aliphatic hydroxyl groups is 1. The maximum Gasteiger partial charge on any atom is 0.433 e. The second kappa shape index (κ2) is 5.35. The molecule has 0 saturated carbocycles. The van der Waals surface area contributed by atoms with E-state index in [1.165, 1.54) is 18.3 Å². The van der Waals surface area contributed by atoms with Crippen molar-refractivity contribution in [1.29, 1.82) is 0 Å². The fourth-order valence-electron chi connectivity index (χ4n) is 2.27. The smallest absolute Gasteiger partial charge is 0.377 e. The molecule has 0 aromatic carbocycles. The van der Waals surface area contributed by atoms with E-state index in [0.717, 1.165) is 6.07 Å². The highest BCUT2D eigenvalue weighted by Crippen LogP contribution is 2.43. The molecular weight excluding hydrogens is 293 g/mol. The largest absolute Gasteiger partial charge is 0.433 e. The SMILES string of the molecule is CC(C)(C)C(O)(c1ccccn1)c1cccc(C(F)(F)F)n1. The van der Waals surface area contributed by atoms with Crippen LogP contribution in [0.15, 0.2) is 42.6 Å². The number of halogens is 3. The summed E-state index contributed by atoms with van der Waals surface area (Å²) in [5.41, 5.74) is -3.40. The van der Waals surface area contributed by atoms with Gasteiger partial charge in [-0.3, -0.25) is 4.98 Å². The highest BCUT2D eigenvalue weighted by Gasteiger charge is 2.46. The zero-order chi connectivity index (χ0) is 16.6. The van der Waals surface area contributed by atoms with Gasteiger partial charge in [-0.25, -0.2) is 4.98 Å². The quantitative estimate of drug-likeness (QED) is 0.918. The van der Waals surface area contributed by atoms with E-state index in [4.69, 9.17) is 0 Å². The minimum Gasteiger partial charge on any atom is -0.377 e. The number of hydrogen-bond donors (Lipinski definition) is 1. The summed E-state index contributed by atoms with van der Waals surface area (Å²) in [6, 6.07) is 8.43. The van der Waals surface area contributed by atoms with Crippen LogP contribution < -0.4 is 0 Å². The van der Waals surface area contributed by atoms with Crippen molar-refractivity contribution in [2.24, 2.45) is 5.41 Å². The van der Waals surface area contributed by atoms with Gasteiger partial charge in [-0.05, 0) is 24.3 Å². The molecular formula is C16H17F3N2O. The first-order valence-electron chi connectivity index (χ1n) is 6.75. The van der Waals surface area contributed by atoms with Crippen LogP contribution in [0.3, 0.4) is 0 Å². The Morgan fingerprint density at radius 1 is 0.864 bits per heavy atom. The highest BCUT2D eigenvalue weighted by molar-refractivity contribution is 5.31. The molecule has 1 N–H and O–H groups in total. The summed E-state index contributed by atoms with van der Waals surface area (Å²) in [6.45, 7) is 5.18. The molecule has 2 aromatic heterocycles. The minimum absolute atomic E-state index is 0.0754. The van der Waals surface area contributed by atoms with Gasteiger partial charge < -0.3 is 5.11 Å². The van der Waals surface area contributed by atoms with Crippen molar-refractivity contribution in [3.63, 3.8) is 0 Å². The van der Waals surface area contributed by atoms with E-state index < -0.39 is 22.9 Å². The molecule has 1 unspecified atom stereocenters. The molecule has 1 atom stereocenters. The van der Waals surface area contributed by atoms with Crippen LogP contribution in [0.25, 0.3) is 0 Å². The van der Waals surface area contributed by atoms with E-state index in [0.29, 0.717) is 0 Å². The monoisotopic (exact) mass is 310 g/mol. The molecule has 0 saturated heterocycles. The second-order valence-electron chi connectivity index (χ2n) is 6.08. The van der Waals surface area contributed by atoms with Crippen molar-refractivity contribution in [2.75, 3.05) is 0 Å². The molecule has 3 nitrogen and oxygen atoms in total. The van der Waals surface area contributed by atoms with E-state index in [9.17, 15) is 18.3 Å². The predicted octanol–water partition coefficient (Wildman–Crippen LogP) is 3.78. The maximum absolute atomic E-state index is 12.9. The Labute approximate surface area is 126 Å². The van der Waals surface area contributed by atoms with Crippen molar-refractivity contribution < 1.29 is 18.3 Å². The minimum atomic E-state index is -4.57.